The van der Waals surface area contributed by atoms with E-state index in [2.05, 4.69) is 60.7 Å². The van der Waals surface area contributed by atoms with Crippen LogP contribution in [0.3, 0.4) is 0 Å². The SMILES string of the molecule is CN1OC2(C=C1N)c1cc(-c3cccc(C#N)c3)ccc1CC21CCc2ccccc2C1. The van der Waals surface area contributed by atoms with Crippen molar-refractivity contribution >= 4 is 0 Å². The molecule has 0 aromatic heterocycles. The maximum atomic E-state index is 9.34. The molecule has 158 valence electrons. The van der Waals surface area contributed by atoms with Crippen LogP contribution >= 0.6 is 0 Å². The number of hydrogen-bond acceptors (Lipinski definition) is 4. The number of rotatable bonds is 1. The summed E-state index contributed by atoms with van der Waals surface area (Å²) in [6, 6.07) is 25.5. The molecular formula is C28H25N3O. The Hall–Kier alpha value is -3.55. The molecule has 3 aliphatic rings. The number of nitrogens with two attached hydrogens (primary N) is 1. The third-order valence-corrected chi connectivity index (χ3v) is 7.67. The highest BCUT2D eigenvalue weighted by atomic mass is 16.7. The van der Waals surface area contributed by atoms with E-state index in [0.29, 0.717) is 11.4 Å². The molecule has 2 atom stereocenters. The van der Waals surface area contributed by atoms with Gasteiger partial charge in [0.05, 0.1) is 11.6 Å². The van der Waals surface area contributed by atoms with Crippen LogP contribution in [-0.4, -0.2) is 12.1 Å². The normalized spacial score (nSPS) is 25.5. The summed E-state index contributed by atoms with van der Waals surface area (Å²) in [6.07, 6.45) is 6.17. The first kappa shape index (κ1) is 19.2. The molecule has 32 heavy (non-hydrogen) atoms. The largest absolute Gasteiger partial charge is 0.384 e. The average Bonchev–Trinajstić information content (AvgIpc) is 3.26. The molecule has 2 unspecified atom stereocenters. The molecule has 4 heteroatoms. The monoisotopic (exact) mass is 419 g/mol. The van der Waals surface area contributed by atoms with E-state index in [9.17, 15) is 5.26 Å². The molecule has 0 bridgehead atoms. The number of hydrogen-bond donors (Lipinski definition) is 1. The van der Waals surface area contributed by atoms with Gasteiger partial charge < -0.3 is 5.73 Å². The van der Waals surface area contributed by atoms with Gasteiger partial charge in [0.25, 0.3) is 0 Å². The molecule has 0 amide bonds. The number of nitriles is 1. The molecule has 1 heterocycles. The summed E-state index contributed by atoms with van der Waals surface area (Å²) in [6.45, 7) is 0. The second-order valence-corrected chi connectivity index (χ2v) is 9.36. The third kappa shape index (κ3) is 2.58. The standard InChI is InChI=1S/C28H25N3O/c1-31-26(30)17-28(32-31)25-14-22(21-8-4-5-19(13-21)18-29)9-10-24(25)16-27(28)12-11-20-6-2-3-7-23(20)15-27/h2-10,13-14,17H,11-12,15-16,30H2,1H3. The van der Waals surface area contributed by atoms with Crippen molar-refractivity contribution in [3.8, 4) is 17.2 Å². The highest BCUT2D eigenvalue weighted by Gasteiger charge is 2.61. The number of fused-ring (bicyclic) bond motifs is 4. The summed E-state index contributed by atoms with van der Waals surface area (Å²) in [5, 5.41) is 11.1. The lowest BCUT2D eigenvalue weighted by atomic mass is 9.62. The van der Waals surface area contributed by atoms with Crippen molar-refractivity contribution < 1.29 is 4.84 Å². The fraction of sp³-hybridized carbons (Fsp3) is 0.250. The molecule has 0 radical (unpaired) electrons. The van der Waals surface area contributed by atoms with Gasteiger partial charge in [0.1, 0.15) is 11.4 Å². The second kappa shape index (κ2) is 6.72. The Morgan fingerprint density at radius 3 is 2.50 bits per heavy atom. The minimum atomic E-state index is -0.586. The van der Waals surface area contributed by atoms with Gasteiger partial charge in [-0.25, -0.2) is 5.06 Å². The van der Waals surface area contributed by atoms with Crippen molar-refractivity contribution in [2.24, 2.45) is 11.1 Å². The minimum Gasteiger partial charge on any atom is -0.384 e. The molecule has 2 N–H and O–H groups in total. The quantitative estimate of drug-likeness (QED) is 0.614. The fourth-order valence-electron chi connectivity index (χ4n) is 6.05. The molecule has 4 nitrogen and oxygen atoms in total. The first-order chi connectivity index (χ1) is 15.5. The van der Waals surface area contributed by atoms with Crippen LogP contribution in [0, 0.1) is 16.7 Å². The topological polar surface area (TPSA) is 62.3 Å². The van der Waals surface area contributed by atoms with E-state index in [-0.39, 0.29) is 5.41 Å². The molecule has 1 aliphatic heterocycles. The summed E-state index contributed by atoms with van der Waals surface area (Å²) in [5.41, 5.74) is 13.9. The van der Waals surface area contributed by atoms with Crippen molar-refractivity contribution in [2.75, 3.05) is 7.05 Å². The highest BCUT2D eigenvalue weighted by Crippen LogP contribution is 2.61. The molecule has 0 fully saturated rings. The van der Waals surface area contributed by atoms with Gasteiger partial charge in [0.2, 0.25) is 0 Å². The lowest BCUT2D eigenvalue weighted by Gasteiger charge is -2.45. The minimum absolute atomic E-state index is 0.0772. The van der Waals surface area contributed by atoms with Crippen molar-refractivity contribution in [3.63, 3.8) is 0 Å². The van der Waals surface area contributed by atoms with Crippen LogP contribution in [0.5, 0.6) is 0 Å². The number of benzene rings is 3. The van der Waals surface area contributed by atoms with Crippen LogP contribution in [-0.2, 0) is 29.7 Å². The van der Waals surface area contributed by atoms with E-state index in [1.165, 1.54) is 22.3 Å². The molecule has 2 aliphatic carbocycles. The van der Waals surface area contributed by atoms with Crippen LogP contribution < -0.4 is 5.73 Å². The summed E-state index contributed by atoms with van der Waals surface area (Å²) >= 11 is 0. The van der Waals surface area contributed by atoms with Crippen LogP contribution in [0.1, 0.15) is 34.2 Å². The Balaban J connectivity index is 1.52. The van der Waals surface area contributed by atoms with Crippen LogP contribution in [0.2, 0.25) is 0 Å². The van der Waals surface area contributed by atoms with Crippen molar-refractivity contribution in [3.05, 3.63) is 106 Å². The molecule has 2 spiro atoms. The molecular weight excluding hydrogens is 394 g/mol. The van der Waals surface area contributed by atoms with E-state index >= 15 is 0 Å². The van der Waals surface area contributed by atoms with E-state index in [4.69, 9.17) is 10.6 Å². The van der Waals surface area contributed by atoms with Crippen molar-refractivity contribution in [2.45, 2.75) is 31.3 Å². The first-order valence-corrected chi connectivity index (χ1v) is 11.2. The lowest BCUT2D eigenvalue weighted by molar-refractivity contribution is -0.221. The summed E-state index contributed by atoms with van der Waals surface area (Å²) in [4.78, 5) is 6.66. The summed E-state index contributed by atoms with van der Waals surface area (Å²) in [7, 11) is 1.89. The highest BCUT2D eigenvalue weighted by molar-refractivity contribution is 5.68. The van der Waals surface area contributed by atoms with Gasteiger partial charge in [-0.15, -0.1) is 0 Å². The van der Waals surface area contributed by atoms with Crippen LogP contribution in [0.25, 0.3) is 11.1 Å². The smallest absolute Gasteiger partial charge is 0.150 e. The predicted octanol–water partition coefficient (Wildman–Crippen LogP) is 4.83. The van der Waals surface area contributed by atoms with Gasteiger partial charge in [-0.2, -0.15) is 5.26 Å². The second-order valence-electron chi connectivity index (χ2n) is 9.36. The van der Waals surface area contributed by atoms with Gasteiger partial charge in [-0.3, -0.25) is 4.84 Å². The zero-order valence-corrected chi connectivity index (χ0v) is 18.1. The Bertz CT molecular complexity index is 1320. The molecule has 0 saturated carbocycles. The maximum absolute atomic E-state index is 9.34. The van der Waals surface area contributed by atoms with Crippen LogP contribution in [0.4, 0.5) is 0 Å². The number of nitrogens with zero attached hydrogens (tertiary/aromatic N) is 2. The van der Waals surface area contributed by atoms with Gasteiger partial charge in [0.15, 0.2) is 0 Å². The molecule has 0 saturated heterocycles. The molecule has 6 rings (SSSR count). The third-order valence-electron chi connectivity index (χ3n) is 7.67. The number of hydroxylamine groups is 2. The van der Waals surface area contributed by atoms with Gasteiger partial charge in [-0.1, -0.05) is 48.5 Å². The van der Waals surface area contributed by atoms with E-state index in [0.717, 1.165) is 36.8 Å². The lowest BCUT2D eigenvalue weighted by Crippen LogP contribution is -2.47. The number of aryl methyl sites for hydroxylation is 1. The Kier molecular flexibility index (Phi) is 4.02. The predicted molar refractivity (Wildman–Crippen MR) is 124 cm³/mol. The van der Waals surface area contributed by atoms with Gasteiger partial charge in [-0.05, 0) is 83.3 Å². The average molecular weight is 420 g/mol. The fourth-order valence-corrected chi connectivity index (χ4v) is 6.05. The van der Waals surface area contributed by atoms with E-state index < -0.39 is 5.60 Å². The zero-order valence-electron chi connectivity index (χ0n) is 18.1. The first-order valence-electron chi connectivity index (χ1n) is 11.2. The Morgan fingerprint density at radius 2 is 1.72 bits per heavy atom. The van der Waals surface area contributed by atoms with Crippen molar-refractivity contribution in [1.29, 1.82) is 5.26 Å². The van der Waals surface area contributed by atoms with Gasteiger partial charge >= 0.3 is 0 Å². The van der Waals surface area contributed by atoms with Crippen molar-refractivity contribution in [1.82, 2.24) is 5.06 Å². The zero-order chi connectivity index (χ0) is 21.9. The Labute approximate surface area is 188 Å². The molecule has 3 aromatic rings. The summed E-state index contributed by atoms with van der Waals surface area (Å²) < 4.78 is 0. The van der Waals surface area contributed by atoms with Crippen LogP contribution in [0.15, 0.2) is 78.6 Å². The van der Waals surface area contributed by atoms with E-state index in [1.807, 2.05) is 25.2 Å². The van der Waals surface area contributed by atoms with E-state index in [1.54, 1.807) is 5.06 Å². The van der Waals surface area contributed by atoms with Gasteiger partial charge in [0, 0.05) is 12.5 Å². The molecule has 3 aromatic carbocycles. The Morgan fingerprint density at radius 1 is 0.938 bits per heavy atom. The summed E-state index contributed by atoms with van der Waals surface area (Å²) in [5.74, 6) is 0.660. The maximum Gasteiger partial charge on any atom is 0.150 e.